The van der Waals surface area contributed by atoms with Gasteiger partial charge in [0.2, 0.25) is 0 Å². The molecule has 3 nitrogen and oxygen atoms in total. The van der Waals surface area contributed by atoms with Crippen LogP contribution < -0.4 is 5.56 Å². The molecule has 140 valence electrons. The van der Waals surface area contributed by atoms with E-state index in [9.17, 15) is 4.79 Å². The number of thiazole rings is 1. The molecular weight excluding hydrogens is 400 g/mol. The van der Waals surface area contributed by atoms with Crippen LogP contribution in [0, 0.1) is 0 Å². The molecule has 0 saturated heterocycles. The molecule has 5 aromatic rings. The van der Waals surface area contributed by atoms with Crippen molar-refractivity contribution in [2.45, 2.75) is 0 Å². The summed E-state index contributed by atoms with van der Waals surface area (Å²) >= 11 is 8.04. The van der Waals surface area contributed by atoms with E-state index in [1.807, 2.05) is 79.0 Å². The van der Waals surface area contributed by atoms with Gasteiger partial charge >= 0.3 is 0 Å². The van der Waals surface area contributed by atoms with E-state index in [1.54, 1.807) is 22.0 Å². The van der Waals surface area contributed by atoms with Crippen LogP contribution in [-0.2, 0) is 0 Å². The normalized spacial score (nSPS) is 11.1. The van der Waals surface area contributed by atoms with Crippen molar-refractivity contribution in [3.8, 4) is 27.4 Å². The first-order chi connectivity index (χ1) is 14.2. The number of fused-ring (bicyclic) bond motifs is 1. The molecule has 0 radical (unpaired) electrons. The molecule has 5 rings (SSSR count). The van der Waals surface area contributed by atoms with Gasteiger partial charge in [0, 0.05) is 33.6 Å². The van der Waals surface area contributed by atoms with Crippen LogP contribution in [0.25, 0.3) is 37.6 Å². The van der Waals surface area contributed by atoms with Gasteiger partial charge in [0.15, 0.2) is 0 Å². The first-order valence-corrected chi connectivity index (χ1v) is 10.3. The maximum atomic E-state index is 13.4. The minimum absolute atomic E-state index is 0.117. The predicted octanol–water partition coefficient (Wildman–Crippen LogP) is 6.43. The van der Waals surface area contributed by atoms with Gasteiger partial charge in [-0.1, -0.05) is 60.1 Å². The van der Waals surface area contributed by atoms with Crippen molar-refractivity contribution in [2.75, 3.05) is 0 Å². The Bertz CT molecular complexity index is 1360. The van der Waals surface area contributed by atoms with Gasteiger partial charge < -0.3 is 0 Å². The quantitative estimate of drug-likeness (QED) is 0.340. The second-order valence-corrected chi connectivity index (χ2v) is 8.06. The van der Waals surface area contributed by atoms with Gasteiger partial charge in [0.05, 0.1) is 10.2 Å². The van der Waals surface area contributed by atoms with Crippen LogP contribution in [0.2, 0.25) is 5.02 Å². The Labute approximate surface area is 176 Å². The van der Waals surface area contributed by atoms with Gasteiger partial charge in [0.1, 0.15) is 5.01 Å². The molecule has 29 heavy (non-hydrogen) atoms. The van der Waals surface area contributed by atoms with Crippen LogP contribution in [0.4, 0.5) is 0 Å². The topological polar surface area (TPSA) is 34.9 Å². The number of aromatic nitrogens is 2. The molecule has 0 aliphatic carbocycles. The van der Waals surface area contributed by atoms with E-state index in [2.05, 4.69) is 6.07 Å². The second-order valence-electron chi connectivity index (χ2n) is 6.62. The van der Waals surface area contributed by atoms with E-state index in [1.165, 1.54) is 0 Å². The molecule has 3 aromatic carbocycles. The summed E-state index contributed by atoms with van der Waals surface area (Å²) in [4.78, 5) is 18.1. The third-order valence-electron chi connectivity index (χ3n) is 4.76. The van der Waals surface area contributed by atoms with Crippen molar-refractivity contribution in [2.24, 2.45) is 0 Å². The monoisotopic (exact) mass is 414 g/mol. The van der Waals surface area contributed by atoms with Gasteiger partial charge in [0.25, 0.3) is 5.56 Å². The number of hydrogen-bond donors (Lipinski definition) is 0. The third-order valence-corrected chi connectivity index (χ3v) is 6.17. The number of benzene rings is 3. The lowest BCUT2D eigenvalue weighted by molar-refractivity contribution is 0.995. The highest BCUT2D eigenvalue weighted by Gasteiger charge is 2.15. The standard InChI is InChI=1S/C24H15ClN2OS/c25-20-11-5-4-10-18(20)19-14-16(23-26-21-12-6-7-13-22(21)29-23)15-27(24(19)28)17-8-2-1-3-9-17/h1-15H. The summed E-state index contributed by atoms with van der Waals surface area (Å²) in [6.07, 6.45) is 1.86. The minimum atomic E-state index is -0.117. The number of para-hydroxylation sites is 2. The van der Waals surface area contributed by atoms with E-state index in [0.29, 0.717) is 16.1 Å². The summed E-state index contributed by atoms with van der Waals surface area (Å²) in [6, 6.07) is 26.9. The Morgan fingerprint density at radius 2 is 1.55 bits per heavy atom. The summed E-state index contributed by atoms with van der Waals surface area (Å²) in [6.45, 7) is 0. The van der Waals surface area contributed by atoms with Crippen molar-refractivity contribution in [3.05, 3.63) is 107 Å². The van der Waals surface area contributed by atoms with Gasteiger partial charge in [-0.2, -0.15) is 0 Å². The highest BCUT2D eigenvalue weighted by Crippen LogP contribution is 2.33. The molecule has 0 saturated carbocycles. The highest BCUT2D eigenvalue weighted by molar-refractivity contribution is 7.21. The summed E-state index contributed by atoms with van der Waals surface area (Å²) < 4.78 is 2.78. The van der Waals surface area contributed by atoms with Crippen molar-refractivity contribution >= 4 is 33.2 Å². The molecule has 0 unspecified atom stereocenters. The zero-order valence-corrected chi connectivity index (χ0v) is 16.8. The number of hydrogen-bond acceptors (Lipinski definition) is 3. The Morgan fingerprint density at radius 1 is 0.828 bits per heavy atom. The van der Waals surface area contributed by atoms with Gasteiger partial charge in [-0.3, -0.25) is 9.36 Å². The lowest BCUT2D eigenvalue weighted by Gasteiger charge is -2.12. The molecule has 0 amide bonds. The zero-order chi connectivity index (χ0) is 19.8. The molecule has 0 N–H and O–H groups in total. The fraction of sp³-hybridized carbons (Fsp3) is 0. The van der Waals surface area contributed by atoms with E-state index < -0.39 is 0 Å². The van der Waals surface area contributed by atoms with E-state index in [-0.39, 0.29) is 5.56 Å². The van der Waals surface area contributed by atoms with Gasteiger partial charge in [-0.25, -0.2) is 4.98 Å². The molecule has 0 fully saturated rings. The molecule has 0 aliphatic heterocycles. The first kappa shape index (κ1) is 17.9. The van der Waals surface area contributed by atoms with E-state index in [0.717, 1.165) is 26.5 Å². The van der Waals surface area contributed by atoms with Crippen LogP contribution in [0.3, 0.4) is 0 Å². The van der Waals surface area contributed by atoms with E-state index >= 15 is 0 Å². The van der Waals surface area contributed by atoms with Crippen molar-refractivity contribution in [1.82, 2.24) is 9.55 Å². The number of rotatable bonds is 3. The van der Waals surface area contributed by atoms with Gasteiger partial charge in [-0.15, -0.1) is 11.3 Å². The average molecular weight is 415 g/mol. The van der Waals surface area contributed by atoms with Crippen LogP contribution >= 0.6 is 22.9 Å². The SMILES string of the molecule is O=c1c(-c2ccccc2Cl)cc(-c2nc3ccccc3s2)cn1-c1ccccc1. The number of halogens is 1. The minimum Gasteiger partial charge on any atom is -0.283 e. The van der Waals surface area contributed by atoms with Crippen LogP contribution in [0.5, 0.6) is 0 Å². The third kappa shape index (κ3) is 3.27. The molecule has 2 heterocycles. The average Bonchev–Trinajstić information content (AvgIpc) is 3.19. The van der Waals surface area contributed by atoms with Crippen molar-refractivity contribution < 1.29 is 0 Å². The lowest BCUT2D eigenvalue weighted by atomic mass is 10.1. The van der Waals surface area contributed by atoms with Gasteiger partial charge in [-0.05, 0) is 36.4 Å². The first-order valence-electron chi connectivity index (χ1n) is 9.14. The molecule has 0 spiro atoms. The Morgan fingerprint density at radius 3 is 2.34 bits per heavy atom. The number of nitrogens with zero attached hydrogens (tertiary/aromatic N) is 2. The molecule has 2 aromatic heterocycles. The summed E-state index contributed by atoms with van der Waals surface area (Å²) in [5.41, 5.74) is 3.78. The molecule has 0 aliphatic rings. The summed E-state index contributed by atoms with van der Waals surface area (Å²) in [7, 11) is 0. The molecule has 0 bridgehead atoms. The Balaban J connectivity index is 1.80. The highest BCUT2D eigenvalue weighted by atomic mass is 35.5. The maximum absolute atomic E-state index is 13.4. The fourth-order valence-electron chi connectivity index (χ4n) is 3.35. The van der Waals surface area contributed by atoms with Crippen LogP contribution in [-0.4, -0.2) is 9.55 Å². The van der Waals surface area contributed by atoms with Crippen LogP contribution in [0.1, 0.15) is 0 Å². The maximum Gasteiger partial charge on any atom is 0.263 e. The number of pyridine rings is 1. The molecular formula is C24H15ClN2OS. The Hall–Kier alpha value is -3.21. The second kappa shape index (κ2) is 7.32. The molecule has 5 heteroatoms. The lowest BCUT2D eigenvalue weighted by Crippen LogP contribution is -2.20. The van der Waals surface area contributed by atoms with Crippen molar-refractivity contribution in [3.63, 3.8) is 0 Å². The predicted molar refractivity (Wildman–Crippen MR) is 121 cm³/mol. The van der Waals surface area contributed by atoms with Crippen LogP contribution in [0.15, 0.2) is 95.9 Å². The molecule has 0 atom stereocenters. The largest absolute Gasteiger partial charge is 0.283 e. The fourth-order valence-corrected chi connectivity index (χ4v) is 4.53. The summed E-state index contributed by atoms with van der Waals surface area (Å²) in [5.74, 6) is 0. The Kier molecular flexibility index (Phi) is 4.51. The smallest absolute Gasteiger partial charge is 0.263 e. The van der Waals surface area contributed by atoms with E-state index in [4.69, 9.17) is 16.6 Å². The van der Waals surface area contributed by atoms with Crippen molar-refractivity contribution in [1.29, 1.82) is 0 Å². The summed E-state index contributed by atoms with van der Waals surface area (Å²) in [5, 5.41) is 1.41. The zero-order valence-electron chi connectivity index (χ0n) is 15.2.